The molecule has 2 aromatic heterocycles. The highest BCUT2D eigenvalue weighted by atomic mass is 32.1. The smallest absolute Gasteiger partial charge is 0.339 e. The quantitative estimate of drug-likeness (QED) is 0.659. The number of nitrogens with zero attached hydrogens (tertiary/aromatic N) is 2. The van der Waals surface area contributed by atoms with Gasteiger partial charge in [-0.3, -0.25) is 14.2 Å². The number of benzene rings is 1. The number of fused-ring (bicyclic) bond motifs is 1. The van der Waals surface area contributed by atoms with Gasteiger partial charge in [0.2, 0.25) is 5.91 Å². The number of thiophene rings is 1. The van der Waals surface area contributed by atoms with E-state index < -0.39 is 11.5 Å². The maximum absolute atomic E-state index is 12.8. The lowest BCUT2D eigenvalue weighted by molar-refractivity contribution is -0.116. The van der Waals surface area contributed by atoms with Gasteiger partial charge in [0.05, 0.1) is 23.9 Å². The first-order valence-corrected chi connectivity index (χ1v) is 9.44. The first kappa shape index (κ1) is 18.8. The fourth-order valence-corrected chi connectivity index (χ4v) is 3.60. The SMILES string of the molecule is CCOC(=O)c1csc2ncn(CC(=O)Nc3ccccc3CC)c(=O)c12. The number of carbonyl (C=O) groups is 2. The third kappa shape index (κ3) is 3.90. The molecule has 0 bridgehead atoms. The van der Waals surface area contributed by atoms with Crippen molar-refractivity contribution in [2.24, 2.45) is 0 Å². The van der Waals surface area contributed by atoms with Crippen molar-refractivity contribution in [1.29, 1.82) is 0 Å². The van der Waals surface area contributed by atoms with Crippen LogP contribution >= 0.6 is 11.3 Å². The molecule has 1 aromatic carbocycles. The Kier molecular flexibility index (Phi) is 5.66. The summed E-state index contributed by atoms with van der Waals surface area (Å²) in [6, 6.07) is 7.50. The van der Waals surface area contributed by atoms with Crippen LogP contribution < -0.4 is 10.9 Å². The topological polar surface area (TPSA) is 90.3 Å². The summed E-state index contributed by atoms with van der Waals surface area (Å²) in [4.78, 5) is 41.9. The van der Waals surface area contributed by atoms with Crippen LogP contribution in [0.5, 0.6) is 0 Å². The number of esters is 1. The van der Waals surface area contributed by atoms with E-state index in [9.17, 15) is 14.4 Å². The molecule has 0 saturated heterocycles. The van der Waals surface area contributed by atoms with E-state index in [1.54, 1.807) is 12.3 Å². The minimum atomic E-state index is -0.568. The van der Waals surface area contributed by atoms with Gasteiger partial charge in [-0.25, -0.2) is 9.78 Å². The zero-order chi connectivity index (χ0) is 19.4. The minimum absolute atomic E-state index is 0.181. The highest BCUT2D eigenvalue weighted by Gasteiger charge is 2.19. The summed E-state index contributed by atoms with van der Waals surface area (Å²) >= 11 is 1.19. The summed E-state index contributed by atoms with van der Waals surface area (Å²) < 4.78 is 6.18. The number of carbonyl (C=O) groups excluding carboxylic acids is 2. The summed E-state index contributed by atoms with van der Waals surface area (Å²) in [5, 5.41) is 4.56. The molecule has 0 radical (unpaired) electrons. The number of anilines is 1. The van der Waals surface area contributed by atoms with Crippen LogP contribution in [-0.2, 0) is 22.5 Å². The first-order valence-electron chi connectivity index (χ1n) is 8.56. The van der Waals surface area contributed by atoms with Gasteiger partial charge in [0, 0.05) is 11.1 Å². The molecule has 1 N–H and O–H groups in total. The molecule has 3 aromatic rings. The van der Waals surface area contributed by atoms with Crippen molar-refractivity contribution < 1.29 is 14.3 Å². The second-order valence-corrected chi connectivity index (χ2v) is 6.64. The summed E-state index contributed by atoms with van der Waals surface area (Å²) in [7, 11) is 0. The van der Waals surface area contributed by atoms with E-state index in [0.717, 1.165) is 17.7 Å². The fraction of sp³-hybridized carbons (Fsp3) is 0.263. The van der Waals surface area contributed by atoms with E-state index in [2.05, 4.69) is 10.3 Å². The van der Waals surface area contributed by atoms with Crippen molar-refractivity contribution in [2.75, 3.05) is 11.9 Å². The molecule has 3 rings (SSSR count). The lowest BCUT2D eigenvalue weighted by Crippen LogP contribution is -2.28. The predicted octanol–water partition coefficient (Wildman–Crippen LogP) is 2.84. The third-order valence-electron chi connectivity index (χ3n) is 4.04. The van der Waals surface area contributed by atoms with Crippen molar-refractivity contribution in [2.45, 2.75) is 26.8 Å². The molecule has 0 spiro atoms. The van der Waals surface area contributed by atoms with Gasteiger partial charge < -0.3 is 10.1 Å². The lowest BCUT2D eigenvalue weighted by atomic mass is 10.1. The summed E-state index contributed by atoms with van der Waals surface area (Å²) in [6.45, 7) is 3.71. The van der Waals surface area contributed by atoms with E-state index >= 15 is 0 Å². The summed E-state index contributed by atoms with van der Waals surface area (Å²) in [5.41, 5.74) is 1.47. The van der Waals surface area contributed by atoms with Gasteiger partial charge in [0.25, 0.3) is 5.56 Å². The average molecular weight is 385 g/mol. The number of rotatable bonds is 6. The Hall–Kier alpha value is -3.00. The van der Waals surface area contributed by atoms with E-state index in [1.807, 2.05) is 31.2 Å². The molecular formula is C19H19N3O4S. The zero-order valence-electron chi connectivity index (χ0n) is 15.0. The van der Waals surface area contributed by atoms with Crippen molar-refractivity contribution in [3.63, 3.8) is 0 Å². The number of nitrogens with one attached hydrogen (secondary N) is 1. The number of hydrogen-bond donors (Lipinski definition) is 1. The van der Waals surface area contributed by atoms with Crippen LogP contribution in [0.1, 0.15) is 29.8 Å². The molecule has 0 aliphatic carbocycles. The van der Waals surface area contributed by atoms with Crippen LogP contribution in [0.4, 0.5) is 5.69 Å². The number of aromatic nitrogens is 2. The Morgan fingerprint density at radius 3 is 2.78 bits per heavy atom. The molecule has 8 heteroatoms. The van der Waals surface area contributed by atoms with Gasteiger partial charge in [-0.1, -0.05) is 25.1 Å². The Bertz CT molecular complexity index is 1050. The van der Waals surface area contributed by atoms with Crippen molar-refractivity contribution in [3.05, 3.63) is 57.5 Å². The number of hydrogen-bond acceptors (Lipinski definition) is 6. The highest BCUT2D eigenvalue weighted by molar-refractivity contribution is 7.17. The summed E-state index contributed by atoms with van der Waals surface area (Å²) in [6.07, 6.45) is 2.10. The van der Waals surface area contributed by atoms with Crippen molar-refractivity contribution in [3.8, 4) is 0 Å². The molecule has 0 aliphatic heterocycles. The molecule has 27 heavy (non-hydrogen) atoms. The van der Waals surface area contributed by atoms with E-state index in [1.165, 1.54) is 22.2 Å². The molecule has 0 saturated carbocycles. The molecule has 2 heterocycles. The molecule has 0 unspecified atom stereocenters. The molecular weight excluding hydrogens is 366 g/mol. The van der Waals surface area contributed by atoms with Gasteiger partial charge in [0.1, 0.15) is 11.4 Å². The van der Waals surface area contributed by atoms with Crippen LogP contribution in [0.2, 0.25) is 0 Å². The number of aryl methyl sites for hydroxylation is 1. The van der Waals surface area contributed by atoms with Crippen LogP contribution in [0, 0.1) is 0 Å². The molecule has 0 fully saturated rings. The van der Waals surface area contributed by atoms with Crippen LogP contribution in [-0.4, -0.2) is 28.0 Å². The maximum atomic E-state index is 12.8. The predicted molar refractivity (Wildman–Crippen MR) is 104 cm³/mol. The maximum Gasteiger partial charge on any atom is 0.339 e. The highest BCUT2D eigenvalue weighted by Crippen LogP contribution is 2.21. The standard InChI is InChI=1S/C19H19N3O4S/c1-3-12-7-5-6-8-14(12)21-15(23)9-22-11-20-17-16(18(22)24)13(10-27-17)19(25)26-4-2/h5-8,10-11H,3-4,9H2,1-2H3,(H,21,23). The zero-order valence-corrected chi connectivity index (χ0v) is 15.8. The number of amides is 1. The Morgan fingerprint density at radius 1 is 1.26 bits per heavy atom. The summed E-state index contributed by atoms with van der Waals surface area (Å²) in [5.74, 6) is -0.909. The number of para-hydroxylation sites is 1. The molecule has 0 atom stereocenters. The molecule has 0 aliphatic rings. The van der Waals surface area contributed by atoms with Crippen LogP contribution in [0.25, 0.3) is 10.2 Å². The van der Waals surface area contributed by atoms with Crippen molar-refractivity contribution >= 4 is 39.1 Å². The largest absolute Gasteiger partial charge is 0.462 e. The second kappa shape index (κ2) is 8.13. The van der Waals surface area contributed by atoms with Gasteiger partial charge in [-0.2, -0.15) is 0 Å². The molecule has 1 amide bonds. The molecule has 7 nitrogen and oxygen atoms in total. The molecule has 140 valence electrons. The van der Waals surface area contributed by atoms with E-state index in [0.29, 0.717) is 4.83 Å². The fourth-order valence-electron chi connectivity index (χ4n) is 2.73. The van der Waals surface area contributed by atoms with Crippen molar-refractivity contribution in [1.82, 2.24) is 9.55 Å². The average Bonchev–Trinajstić information content (AvgIpc) is 3.09. The van der Waals surface area contributed by atoms with Gasteiger partial charge in [-0.15, -0.1) is 11.3 Å². The first-order chi connectivity index (χ1) is 13.0. The van der Waals surface area contributed by atoms with Crippen LogP contribution in [0.15, 0.2) is 40.8 Å². The Morgan fingerprint density at radius 2 is 2.04 bits per heavy atom. The van der Waals surface area contributed by atoms with E-state index in [4.69, 9.17) is 4.74 Å². The second-order valence-electron chi connectivity index (χ2n) is 5.79. The Balaban J connectivity index is 1.88. The number of ether oxygens (including phenoxy) is 1. The monoisotopic (exact) mass is 385 g/mol. The lowest BCUT2D eigenvalue weighted by Gasteiger charge is -2.10. The van der Waals surface area contributed by atoms with Gasteiger partial charge in [-0.05, 0) is 25.0 Å². The van der Waals surface area contributed by atoms with Crippen LogP contribution in [0.3, 0.4) is 0 Å². The minimum Gasteiger partial charge on any atom is -0.462 e. The Labute approximate surface area is 159 Å². The van der Waals surface area contributed by atoms with E-state index in [-0.39, 0.29) is 30.0 Å². The normalized spacial score (nSPS) is 10.7. The van der Waals surface area contributed by atoms with Gasteiger partial charge >= 0.3 is 5.97 Å². The third-order valence-corrected chi connectivity index (χ3v) is 4.93. The van der Waals surface area contributed by atoms with Gasteiger partial charge in [0.15, 0.2) is 0 Å².